The lowest BCUT2D eigenvalue weighted by Crippen LogP contribution is -2.25. The number of aromatic nitrogens is 3. The Bertz CT molecular complexity index is 1110. The van der Waals surface area contributed by atoms with Gasteiger partial charge in [0, 0.05) is 41.3 Å². The van der Waals surface area contributed by atoms with Crippen molar-refractivity contribution in [3.8, 4) is 0 Å². The van der Waals surface area contributed by atoms with E-state index < -0.39 is 0 Å². The summed E-state index contributed by atoms with van der Waals surface area (Å²) in [6.07, 6.45) is 5.81. The first-order valence-electron chi connectivity index (χ1n) is 11.4. The Labute approximate surface area is 187 Å². The third-order valence-corrected chi connectivity index (χ3v) is 7.76. The van der Waals surface area contributed by atoms with Gasteiger partial charge in [0.05, 0.1) is 11.7 Å². The van der Waals surface area contributed by atoms with Crippen LogP contribution in [-0.2, 0) is 17.8 Å². The van der Waals surface area contributed by atoms with Gasteiger partial charge in [-0.1, -0.05) is 0 Å². The second kappa shape index (κ2) is 8.36. The van der Waals surface area contributed by atoms with Crippen LogP contribution in [0.25, 0.3) is 5.65 Å². The maximum atomic E-state index is 12.2. The third kappa shape index (κ3) is 4.26. The van der Waals surface area contributed by atoms with Gasteiger partial charge >= 0.3 is 0 Å². The normalized spacial score (nSPS) is 19.4. The average molecular weight is 438 g/mol. The molecule has 6 nitrogen and oxygen atoms in total. The van der Waals surface area contributed by atoms with Crippen molar-refractivity contribution in [1.29, 1.82) is 0 Å². The number of carbonyl (C=O) groups excluding carboxylic acids is 1. The minimum absolute atomic E-state index is 0.146. The second-order valence-electron chi connectivity index (χ2n) is 9.10. The fourth-order valence-electron chi connectivity index (χ4n) is 4.74. The molecule has 0 aromatic carbocycles. The Hall–Kier alpha value is -2.25. The van der Waals surface area contributed by atoms with Gasteiger partial charge in [-0.15, -0.1) is 11.3 Å². The number of thiophene rings is 1. The van der Waals surface area contributed by atoms with Crippen molar-refractivity contribution in [3.05, 3.63) is 50.6 Å². The van der Waals surface area contributed by atoms with Gasteiger partial charge in [0.15, 0.2) is 5.65 Å². The second-order valence-corrected chi connectivity index (χ2v) is 10.1. The van der Waals surface area contributed by atoms with Gasteiger partial charge in [-0.25, -0.2) is 9.50 Å². The quantitative estimate of drug-likeness (QED) is 0.600. The van der Waals surface area contributed by atoms with Crippen molar-refractivity contribution in [1.82, 2.24) is 24.8 Å². The van der Waals surface area contributed by atoms with Gasteiger partial charge in [-0.2, -0.15) is 5.10 Å². The van der Waals surface area contributed by atoms with E-state index in [4.69, 9.17) is 10.1 Å². The summed E-state index contributed by atoms with van der Waals surface area (Å²) in [5.74, 6) is 0.146. The Balaban J connectivity index is 1.37. The first-order valence-corrected chi connectivity index (χ1v) is 12.3. The molecule has 0 bridgehead atoms. The van der Waals surface area contributed by atoms with Crippen molar-refractivity contribution in [2.45, 2.75) is 77.9 Å². The molecule has 164 valence electrons. The lowest BCUT2D eigenvalue weighted by molar-refractivity contribution is -0.121. The highest BCUT2D eigenvalue weighted by Crippen LogP contribution is 2.34. The minimum Gasteiger partial charge on any atom is -0.353 e. The molecule has 1 aliphatic heterocycles. The number of nitrogens with zero attached hydrogens (tertiary/aromatic N) is 4. The van der Waals surface area contributed by atoms with Crippen LogP contribution in [0.15, 0.2) is 17.5 Å². The highest BCUT2D eigenvalue weighted by atomic mass is 32.1. The zero-order valence-corrected chi connectivity index (χ0v) is 19.5. The van der Waals surface area contributed by atoms with E-state index in [-0.39, 0.29) is 5.91 Å². The van der Waals surface area contributed by atoms with Crippen molar-refractivity contribution in [2.24, 2.45) is 0 Å². The molecule has 3 aromatic heterocycles. The number of carbonyl (C=O) groups is 1. The van der Waals surface area contributed by atoms with E-state index in [0.29, 0.717) is 24.9 Å². The summed E-state index contributed by atoms with van der Waals surface area (Å²) in [6, 6.07) is 5.12. The summed E-state index contributed by atoms with van der Waals surface area (Å²) in [5.41, 5.74) is 6.67. The molecule has 1 saturated carbocycles. The van der Waals surface area contributed by atoms with Gasteiger partial charge in [0.2, 0.25) is 5.91 Å². The first-order chi connectivity index (χ1) is 15.0. The van der Waals surface area contributed by atoms with Crippen molar-refractivity contribution in [2.75, 3.05) is 6.54 Å². The largest absolute Gasteiger partial charge is 0.353 e. The van der Waals surface area contributed by atoms with E-state index in [1.165, 1.54) is 16.9 Å². The van der Waals surface area contributed by atoms with E-state index in [2.05, 4.69) is 48.5 Å². The zero-order valence-electron chi connectivity index (χ0n) is 18.6. The standard InChI is InChI=1S/C24H31N5OS/c1-15-10-12-31-22(15)14-28-11-4-5-21(28)20-13-23-25-16(2)19(17(3)29(23)27-20)8-9-24(30)26-18-6-7-18/h10,12-13,18,21H,4-9,11,14H2,1-3H3,(H,26,30)/t21-/m1/s1. The summed E-state index contributed by atoms with van der Waals surface area (Å²) in [4.78, 5) is 21.0. The summed E-state index contributed by atoms with van der Waals surface area (Å²) >= 11 is 1.85. The molecular formula is C24H31N5OS. The van der Waals surface area contributed by atoms with Crippen LogP contribution in [-0.4, -0.2) is 38.0 Å². The van der Waals surface area contributed by atoms with Crippen molar-refractivity contribution >= 4 is 22.9 Å². The van der Waals surface area contributed by atoms with E-state index in [0.717, 1.165) is 60.6 Å². The van der Waals surface area contributed by atoms with E-state index in [1.807, 2.05) is 15.9 Å². The highest BCUT2D eigenvalue weighted by molar-refractivity contribution is 7.10. The molecule has 1 amide bonds. The number of aryl methyl sites for hydroxylation is 3. The van der Waals surface area contributed by atoms with E-state index in [9.17, 15) is 4.79 Å². The van der Waals surface area contributed by atoms with Gasteiger partial charge in [-0.05, 0) is 82.0 Å². The average Bonchev–Trinajstić information content (AvgIpc) is 3.11. The predicted octanol–water partition coefficient (Wildman–Crippen LogP) is 4.26. The molecule has 0 unspecified atom stereocenters. The molecule has 1 saturated heterocycles. The van der Waals surface area contributed by atoms with Crippen LogP contribution in [0, 0.1) is 20.8 Å². The number of fused-ring (bicyclic) bond motifs is 1. The van der Waals surface area contributed by atoms with Gasteiger partial charge in [0.1, 0.15) is 0 Å². The molecule has 1 aliphatic carbocycles. The summed E-state index contributed by atoms with van der Waals surface area (Å²) in [5, 5.41) is 10.3. The van der Waals surface area contributed by atoms with E-state index in [1.54, 1.807) is 0 Å². The molecular weight excluding hydrogens is 406 g/mol. The SMILES string of the molecule is Cc1ccsc1CN1CCC[C@@H]1c1cc2nc(C)c(CCC(=O)NC3CC3)c(C)n2n1. The zero-order chi connectivity index (χ0) is 21.5. The molecule has 31 heavy (non-hydrogen) atoms. The Morgan fingerprint density at radius 2 is 2.10 bits per heavy atom. The number of amides is 1. The molecule has 1 atom stereocenters. The van der Waals surface area contributed by atoms with Crippen LogP contribution >= 0.6 is 11.3 Å². The molecule has 1 N–H and O–H groups in total. The maximum Gasteiger partial charge on any atom is 0.220 e. The molecule has 4 heterocycles. The van der Waals surface area contributed by atoms with Gasteiger partial charge in [-0.3, -0.25) is 9.69 Å². The Morgan fingerprint density at radius 1 is 1.26 bits per heavy atom. The van der Waals surface area contributed by atoms with Crippen LogP contribution in [0.4, 0.5) is 0 Å². The lowest BCUT2D eigenvalue weighted by Gasteiger charge is -2.22. The number of rotatable bonds is 7. The van der Waals surface area contributed by atoms with Crippen LogP contribution in [0.3, 0.4) is 0 Å². The molecule has 0 spiro atoms. The van der Waals surface area contributed by atoms with Crippen LogP contribution in [0.2, 0.25) is 0 Å². The molecule has 0 radical (unpaired) electrons. The van der Waals surface area contributed by atoms with Crippen LogP contribution in [0.1, 0.15) is 71.2 Å². The summed E-state index contributed by atoms with van der Waals surface area (Å²) in [7, 11) is 0. The predicted molar refractivity (Wildman–Crippen MR) is 123 cm³/mol. The van der Waals surface area contributed by atoms with Crippen LogP contribution < -0.4 is 5.32 Å². The number of nitrogens with one attached hydrogen (secondary N) is 1. The maximum absolute atomic E-state index is 12.2. The number of likely N-dealkylation sites (tertiary alicyclic amines) is 1. The third-order valence-electron chi connectivity index (χ3n) is 6.75. The molecule has 5 rings (SSSR count). The van der Waals surface area contributed by atoms with Gasteiger partial charge in [0.25, 0.3) is 0 Å². The van der Waals surface area contributed by atoms with E-state index >= 15 is 0 Å². The number of hydrogen-bond donors (Lipinski definition) is 1. The summed E-state index contributed by atoms with van der Waals surface area (Å²) < 4.78 is 1.99. The topological polar surface area (TPSA) is 62.5 Å². The Morgan fingerprint density at radius 3 is 2.84 bits per heavy atom. The van der Waals surface area contributed by atoms with Crippen molar-refractivity contribution < 1.29 is 4.79 Å². The summed E-state index contributed by atoms with van der Waals surface area (Å²) in [6.45, 7) is 8.46. The fourth-order valence-corrected chi connectivity index (χ4v) is 5.67. The Kier molecular flexibility index (Phi) is 5.56. The highest BCUT2D eigenvalue weighted by Gasteiger charge is 2.29. The molecule has 3 aromatic rings. The van der Waals surface area contributed by atoms with Gasteiger partial charge < -0.3 is 5.32 Å². The number of hydrogen-bond acceptors (Lipinski definition) is 5. The smallest absolute Gasteiger partial charge is 0.220 e. The monoisotopic (exact) mass is 437 g/mol. The molecule has 2 aliphatic rings. The van der Waals surface area contributed by atoms with Crippen molar-refractivity contribution in [3.63, 3.8) is 0 Å². The molecule has 2 fully saturated rings. The van der Waals surface area contributed by atoms with Crippen LogP contribution in [0.5, 0.6) is 0 Å². The fraction of sp³-hybridized carbons (Fsp3) is 0.542. The first kappa shape index (κ1) is 20.6. The minimum atomic E-state index is 0.146. The lowest BCUT2D eigenvalue weighted by atomic mass is 10.1. The molecule has 7 heteroatoms.